The van der Waals surface area contributed by atoms with E-state index >= 15 is 0 Å². The van der Waals surface area contributed by atoms with E-state index < -0.39 is 28.7 Å². The van der Waals surface area contributed by atoms with E-state index in [9.17, 15) is 18.0 Å². The van der Waals surface area contributed by atoms with Gasteiger partial charge in [0.05, 0.1) is 0 Å². The minimum atomic E-state index is -4.32. The van der Waals surface area contributed by atoms with Gasteiger partial charge in [-0.3, -0.25) is 4.79 Å². The normalized spacial score (nSPS) is 30.7. The van der Waals surface area contributed by atoms with Crippen LogP contribution in [0.2, 0.25) is 0 Å². The molecule has 80 valence electrons. The summed E-state index contributed by atoms with van der Waals surface area (Å²) in [5.74, 6) is -0.878. The van der Waals surface area contributed by atoms with Gasteiger partial charge in [-0.25, -0.2) is 0 Å². The van der Waals surface area contributed by atoms with Crippen molar-refractivity contribution >= 4 is 16.8 Å². The van der Waals surface area contributed by atoms with Gasteiger partial charge in [0.15, 0.2) is 0 Å². The molecule has 0 N–H and O–H groups in total. The molecule has 0 aliphatic heterocycles. The summed E-state index contributed by atoms with van der Waals surface area (Å²) < 4.78 is 35.5. The first-order valence-corrected chi connectivity index (χ1v) is 4.49. The molecular formula is C9H10ClF3O. The molecule has 1 saturated carbocycles. The molecule has 2 atom stereocenters. The van der Waals surface area contributed by atoms with E-state index in [1.807, 2.05) is 0 Å². The molecule has 0 aromatic rings. The Bertz CT molecular complexity index is 280. The third kappa shape index (κ3) is 2.29. The number of carbonyl (C=O) groups is 1. The van der Waals surface area contributed by atoms with Gasteiger partial charge in [-0.15, -0.1) is 0 Å². The highest BCUT2D eigenvalue weighted by Crippen LogP contribution is 2.60. The Morgan fingerprint density at radius 2 is 1.93 bits per heavy atom. The average Bonchev–Trinajstić information content (AvgIpc) is 2.47. The molecule has 0 bridgehead atoms. The van der Waals surface area contributed by atoms with Crippen LogP contribution < -0.4 is 0 Å². The van der Waals surface area contributed by atoms with Gasteiger partial charge in [0.2, 0.25) is 5.24 Å². The average molecular weight is 227 g/mol. The van der Waals surface area contributed by atoms with Crippen LogP contribution in [-0.2, 0) is 4.79 Å². The minimum Gasteiger partial charge on any atom is -0.281 e. The van der Waals surface area contributed by atoms with Gasteiger partial charge in [0, 0.05) is 12.0 Å². The molecule has 0 radical (unpaired) electrons. The van der Waals surface area contributed by atoms with Crippen LogP contribution in [-0.4, -0.2) is 11.4 Å². The molecule has 0 amide bonds. The van der Waals surface area contributed by atoms with Crippen molar-refractivity contribution in [1.29, 1.82) is 0 Å². The Balaban J connectivity index is 2.67. The van der Waals surface area contributed by atoms with E-state index in [2.05, 4.69) is 0 Å². The fourth-order valence-corrected chi connectivity index (χ4v) is 2.10. The summed E-state index contributed by atoms with van der Waals surface area (Å²) in [5, 5.41) is -0.563. The first kappa shape index (κ1) is 11.6. The number of allylic oxidation sites excluding steroid dienone is 2. The Hall–Kier alpha value is -0.510. The van der Waals surface area contributed by atoms with Gasteiger partial charge in [0.25, 0.3) is 0 Å². The van der Waals surface area contributed by atoms with Gasteiger partial charge in [-0.1, -0.05) is 19.9 Å². The fraction of sp³-hybridized carbons (Fsp3) is 0.667. The standard InChI is InChI=1S/C9H10ClF3O/c1-8(2)5(6(8)7(10)14)3-4-9(11,12)13/h3-6H,1-2H3/t5?,6-/m0/s1. The van der Waals surface area contributed by atoms with Gasteiger partial charge in [-0.2, -0.15) is 13.2 Å². The summed E-state index contributed by atoms with van der Waals surface area (Å²) in [7, 11) is 0. The third-order valence-electron chi connectivity index (χ3n) is 2.65. The summed E-state index contributed by atoms with van der Waals surface area (Å²) >= 11 is 5.25. The summed E-state index contributed by atoms with van der Waals surface area (Å²) in [4.78, 5) is 10.8. The maximum atomic E-state index is 11.8. The van der Waals surface area contributed by atoms with Gasteiger partial charge >= 0.3 is 6.18 Å². The van der Waals surface area contributed by atoms with Crippen molar-refractivity contribution in [1.82, 2.24) is 0 Å². The van der Waals surface area contributed by atoms with E-state index in [4.69, 9.17) is 11.6 Å². The second-order valence-electron chi connectivity index (χ2n) is 4.03. The molecule has 0 heterocycles. The zero-order chi connectivity index (χ0) is 11.1. The molecule has 0 saturated heterocycles. The van der Waals surface area contributed by atoms with Gasteiger partial charge < -0.3 is 0 Å². The van der Waals surface area contributed by atoms with E-state index in [1.54, 1.807) is 13.8 Å². The van der Waals surface area contributed by atoms with E-state index in [1.165, 1.54) is 0 Å². The lowest BCUT2D eigenvalue weighted by molar-refractivity contribution is -0.113. The second-order valence-corrected chi connectivity index (χ2v) is 4.40. The third-order valence-corrected chi connectivity index (χ3v) is 2.88. The predicted octanol–water partition coefficient (Wildman–Crippen LogP) is 3.14. The van der Waals surface area contributed by atoms with Crippen molar-refractivity contribution in [3.05, 3.63) is 12.2 Å². The Morgan fingerprint density at radius 1 is 1.43 bits per heavy atom. The molecule has 1 rings (SSSR count). The number of halogens is 4. The Labute approximate surface area is 84.9 Å². The van der Waals surface area contributed by atoms with Crippen LogP contribution in [0, 0.1) is 17.3 Å². The van der Waals surface area contributed by atoms with E-state index in [-0.39, 0.29) is 6.08 Å². The van der Waals surface area contributed by atoms with Crippen LogP contribution in [0.15, 0.2) is 12.2 Å². The highest BCUT2D eigenvalue weighted by atomic mass is 35.5. The van der Waals surface area contributed by atoms with Crippen LogP contribution >= 0.6 is 11.6 Å². The van der Waals surface area contributed by atoms with Crippen molar-refractivity contribution < 1.29 is 18.0 Å². The zero-order valence-corrected chi connectivity index (χ0v) is 8.49. The predicted molar refractivity (Wildman–Crippen MR) is 46.8 cm³/mol. The van der Waals surface area contributed by atoms with Crippen LogP contribution in [0.3, 0.4) is 0 Å². The minimum absolute atomic E-state index is 0.166. The monoisotopic (exact) mass is 226 g/mol. The summed E-state index contributed by atoms with van der Waals surface area (Å²) in [6, 6.07) is 0. The summed E-state index contributed by atoms with van der Waals surface area (Å²) in [6.45, 7) is 3.45. The Kier molecular flexibility index (Phi) is 2.69. The van der Waals surface area contributed by atoms with Crippen LogP contribution in [0.5, 0.6) is 0 Å². The molecule has 14 heavy (non-hydrogen) atoms. The molecule has 1 unspecified atom stereocenters. The number of carbonyl (C=O) groups excluding carboxylic acids is 1. The van der Waals surface area contributed by atoms with Crippen molar-refractivity contribution in [3.8, 4) is 0 Å². The molecular weight excluding hydrogens is 217 g/mol. The molecule has 1 aliphatic rings. The van der Waals surface area contributed by atoms with E-state index in [0.29, 0.717) is 0 Å². The second kappa shape index (κ2) is 3.26. The van der Waals surface area contributed by atoms with Gasteiger partial charge in [0.1, 0.15) is 0 Å². The smallest absolute Gasteiger partial charge is 0.281 e. The number of rotatable bonds is 2. The maximum Gasteiger partial charge on any atom is 0.409 e. The first-order valence-electron chi connectivity index (χ1n) is 4.11. The fourth-order valence-electron chi connectivity index (χ4n) is 1.68. The highest BCUT2D eigenvalue weighted by molar-refractivity contribution is 6.64. The Morgan fingerprint density at radius 3 is 2.21 bits per heavy atom. The van der Waals surface area contributed by atoms with Crippen LogP contribution in [0.25, 0.3) is 0 Å². The SMILES string of the molecule is CC1(C)C(C=CC(F)(F)F)[C@H]1C(=O)Cl. The first-order chi connectivity index (χ1) is 6.16. The zero-order valence-electron chi connectivity index (χ0n) is 7.73. The quantitative estimate of drug-likeness (QED) is 0.522. The maximum absolute atomic E-state index is 11.8. The van der Waals surface area contributed by atoms with Crippen molar-refractivity contribution in [3.63, 3.8) is 0 Å². The lowest BCUT2D eigenvalue weighted by Gasteiger charge is -1.98. The van der Waals surface area contributed by atoms with Crippen molar-refractivity contribution in [2.45, 2.75) is 20.0 Å². The van der Waals surface area contributed by atoms with Crippen molar-refractivity contribution in [2.24, 2.45) is 17.3 Å². The number of hydrogen-bond acceptors (Lipinski definition) is 1. The van der Waals surface area contributed by atoms with Crippen LogP contribution in [0.1, 0.15) is 13.8 Å². The molecule has 1 fully saturated rings. The van der Waals surface area contributed by atoms with Crippen molar-refractivity contribution in [2.75, 3.05) is 0 Å². The molecule has 5 heteroatoms. The topological polar surface area (TPSA) is 17.1 Å². The number of hydrogen-bond donors (Lipinski definition) is 0. The van der Waals surface area contributed by atoms with Crippen LogP contribution in [0.4, 0.5) is 13.2 Å². The molecule has 1 aliphatic carbocycles. The molecule has 0 aromatic carbocycles. The van der Waals surface area contributed by atoms with Gasteiger partial charge in [-0.05, 0) is 22.9 Å². The molecule has 1 nitrogen and oxygen atoms in total. The molecule has 0 aromatic heterocycles. The number of alkyl halides is 3. The largest absolute Gasteiger partial charge is 0.409 e. The summed E-state index contributed by atoms with van der Waals surface area (Å²) in [5.41, 5.74) is -0.444. The lowest BCUT2D eigenvalue weighted by Crippen LogP contribution is -2.01. The molecule has 0 spiro atoms. The summed E-state index contributed by atoms with van der Waals surface area (Å²) in [6.07, 6.45) is -3.14. The van der Waals surface area contributed by atoms with E-state index in [0.717, 1.165) is 6.08 Å². The lowest BCUT2D eigenvalue weighted by atomic mass is 10.1. The highest BCUT2D eigenvalue weighted by Gasteiger charge is 2.59.